The van der Waals surface area contributed by atoms with Crippen molar-refractivity contribution in [3.8, 4) is 11.5 Å². The van der Waals surface area contributed by atoms with Crippen molar-refractivity contribution in [2.24, 2.45) is 0 Å². The number of amides is 1. The Hall–Kier alpha value is -3.06. The number of ketones is 1. The number of carbonyl (C=O) groups is 2. The lowest BCUT2D eigenvalue weighted by atomic mass is 10.1. The molecule has 7 nitrogen and oxygen atoms in total. The van der Waals surface area contributed by atoms with Crippen molar-refractivity contribution in [3.63, 3.8) is 0 Å². The Labute approximate surface area is 171 Å². The number of hydrogen-bond acceptors (Lipinski definition) is 6. The van der Waals surface area contributed by atoms with Gasteiger partial charge in [-0.2, -0.15) is 0 Å². The summed E-state index contributed by atoms with van der Waals surface area (Å²) in [4.78, 5) is 28.3. The van der Waals surface area contributed by atoms with E-state index >= 15 is 0 Å². The smallest absolute Gasteiger partial charge is 0.238 e. The Balaban J connectivity index is 1.51. The summed E-state index contributed by atoms with van der Waals surface area (Å²) in [5.41, 5.74) is 2.45. The van der Waals surface area contributed by atoms with Gasteiger partial charge in [-0.1, -0.05) is 0 Å². The van der Waals surface area contributed by atoms with Crippen LogP contribution < -0.4 is 19.7 Å². The third kappa shape index (κ3) is 5.26. The van der Waals surface area contributed by atoms with Crippen molar-refractivity contribution in [1.82, 2.24) is 4.90 Å². The second-order valence-corrected chi connectivity index (χ2v) is 6.98. The Morgan fingerprint density at radius 3 is 2.24 bits per heavy atom. The number of ether oxygens (including phenoxy) is 2. The maximum Gasteiger partial charge on any atom is 0.238 e. The van der Waals surface area contributed by atoms with Gasteiger partial charge in [0.15, 0.2) is 5.78 Å². The predicted octanol–water partition coefficient (Wildman–Crippen LogP) is 2.67. The third-order valence-corrected chi connectivity index (χ3v) is 5.06. The number of piperazine rings is 1. The molecule has 0 radical (unpaired) electrons. The summed E-state index contributed by atoms with van der Waals surface area (Å²) in [6.07, 6.45) is 0. The average Bonchev–Trinajstić information content (AvgIpc) is 2.74. The second-order valence-electron chi connectivity index (χ2n) is 6.98. The van der Waals surface area contributed by atoms with Gasteiger partial charge >= 0.3 is 0 Å². The van der Waals surface area contributed by atoms with E-state index in [4.69, 9.17) is 9.47 Å². The minimum absolute atomic E-state index is 0.0703. The summed E-state index contributed by atoms with van der Waals surface area (Å²) >= 11 is 0. The van der Waals surface area contributed by atoms with Crippen LogP contribution in [-0.2, 0) is 4.79 Å². The Bertz CT molecular complexity index is 859. The van der Waals surface area contributed by atoms with Gasteiger partial charge in [-0.25, -0.2) is 0 Å². The molecule has 7 heteroatoms. The van der Waals surface area contributed by atoms with Gasteiger partial charge < -0.3 is 19.7 Å². The molecule has 154 valence electrons. The molecule has 0 aromatic heterocycles. The zero-order valence-corrected chi connectivity index (χ0v) is 17.1. The molecule has 0 saturated carbocycles. The highest BCUT2D eigenvalue weighted by molar-refractivity contribution is 5.94. The highest BCUT2D eigenvalue weighted by atomic mass is 16.5. The number of anilines is 2. The summed E-state index contributed by atoms with van der Waals surface area (Å²) in [5.74, 6) is 1.23. The molecule has 1 aliphatic heterocycles. The molecular formula is C22H27N3O4. The van der Waals surface area contributed by atoms with E-state index in [1.165, 1.54) is 0 Å². The molecule has 0 spiro atoms. The van der Waals surface area contributed by atoms with Gasteiger partial charge in [-0.05, 0) is 43.3 Å². The van der Waals surface area contributed by atoms with Gasteiger partial charge in [0, 0.05) is 43.5 Å². The van der Waals surface area contributed by atoms with Crippen LogP contribution in [0.25, 0.3) is 0 Å². The number of nitrogens with zero attached hydrogens (tertiary/aromatic N) is 2. The summed E-state index contributed by atoms with van der Waals surface area (Å²) in [5, 5.41) is 2.91. The van der Waals surface area contributed by atoms with E-state index in [-0.39, 0.29) is 11.7 Å². The molecule has 1 fully saturated rings. The molecule has 1 amide bonds. The first-order chi connectivity index (χ1) is 14.0. The minimum Gasteiger partial charge on any atom is -0.497 e. The van der Waals surface area contributed by atoms with Crippen LogP contribution in [0.4, 0.5) is 11.4 Å². The highest BCUT2D eigenvalue weighted by Crippen LogP contribution is 2.29. The van der Waals surface area contributed by atoms with Crippen molar-refractivity contribution >= 4 is 23.1 Å². The molecule has 0 aliphatic carbocycles. The molecule has 1 saturated heterocycles. The molecule has 1 N–H and O–H groups in total. The zero-order valence-electron chi connectivity index (χ0n) is 17.1. The first-order valence-corrected chi connectivity index (χ1v) is 9.60. The summed E-state index contributed by atoms with van der Waals surface area (Å²) in [6.45, 7) is 5.15. The molecular weight excluding hydrogens is 370 g/mol. The topological polar surface area (TPSA) is 71.1 Å². The molecule has 29 heavy (non-hydrogen) atoms. The van der Waals surface area contributed by atoms with Gasteiger partial charge in [0.25, 0.3) is 0 Å². The van der Waals surface area contributed by atoms with E-state index in [9.17, 15) is 9.59 Å². The van der Waals surface area contributed by atoms with Crippen molar-refractivity contribution in [2.45, 2.75) is 6.92 Å². The van der Waals surface area contributed by atoms with Gasteiger partial charge in [0.2, 0.25) is 5.91 Å². The summed E-state index contributed by atoms with van der Waals surface area (Å²) in [7, 11) is 3.15. The monoisotopic (exact) mass is 397 g/mol. The number of rotatable bonds is 7. The summed E-state index contributed by atoms with van der Waals surface area (Å²) in [6, 6.07) is 13.0. The van der Waals surface area contributed by atoms with E-state index in [0.717, 1.165) is 37.4 Å². The molecule has 0 unspecified atom stereocenters. The third-order valence-electron chi connectivity index (χ3n) is 5.06. The fourth-order valence-corrected chi connectivity index (χ4v) is 3.37. The Kier molecular flexibility index (Phi) is 6.72. The van der Waals surface area contributed by atoms with Gasteiger partial charge in [-0.3, -0.25) is 14.5 Å². The van der Waals surface area contributed by atoms with E-state index < -0.39 is 0 Å². The van der Waals surface area contributed by atoms with Crippen LogP contribution in [-0.4, -0.2) is 63.5 Å². The lowest BCUT2D eigenvalue weighted by Crippen LogP contribution is -2.48. The largest absolute Gasteiger partial charge is 0.497 e. The maximum atomic E-state index is 12.5. The van der Waals surface area contributed by atoms with Crippen LogP contribution in [0.5, 0.6) is 11.5 Å². The molecule has 0 atom stereocenters. The number of hydrogen-bond donors (Lipinski definition) is 1. The number of methoxy groups -OCH3 is 2. The fourth-order valence-electron chi connectivity index (χ4n) is 3.37. The average molecular weight is 397 g/mol. The van der Waals surface area contributed by atoms with E-state index in [1.54, 1.807) is 39.3 Å². The van der Waals surface area contributed by atoms with Crippen LogP contribution in [0, 0.1) is 0 Å². The second kappa shape index (κ2) is 9.43. The fraction of sp³-hybridized carbons (Fsp3) is 0.364. The molecule has 1 heterocycles. The van der Waals surface area contributed by atoms with Crippen LogP contribution in [0.15, 0.2) is 42.5 Å². The van der Waals surface area contributed by atoms with Gasteiger partial charge in [0.1, 0.15) is 11.5 Å². The van der Waals surface area contributed by atoms with Crippen LogP contribution in [0.1, 0.15) is 17.3 Å². The van der Waals surface area contributed by atoms with Crippen LogP contribution >= 0.6 is 0 Å². The van der Waals surface area contributed by atoms with Crippen molar-refractivity contribution in [2.75, 3.05) is 57.2 Å². The first-order valence-electron chi connectivity index (χ1n) is 9.60. The first kappa shape index (κ1) is 20.7. The van der Waals surface area contributed by atoms with E-state index in [1.807, 2.05) is 24.3 Å². The number of benzene rings is 2. The lowest BCUT2D eigenvalue weighted by molar-refractivity contribution is -0.117. The zero-order chi connectivity index (χ0) is 20.8. The standard InChI is InChI=1S/C22H27N3O4/c1-16(26)17-4-6-18(7-5-17)25-12-10-24(11-13-25)15-22(27)23-20-9-8-19(28-2)14-21(20)29-3/h4-9,14H,10-13,15H2,1-3H3,(H,23,27). The van der Waals surface area contributed by atoms with Gasteiger partial charge in [-0.15, -0.1) is 0 Å². The summed E-state index contributed by atoms with van der Waals surface area (Å²) < 4.78 is 10.5. The molecule has 0 bridgehead atoms. The SMILES string of the molecule is COc1ccc(NC(=O)CN2CCN(c3ccc(C(C)=O)cc3)CC2)c(OC)c1. The highest BCUT2D eigenvalue weighted by Gasteiger charge is 2.20. The number of carbonyl (C=O) groups excluding carboxylic acids is 2. The lowest BCUT2D eigenvalue weighted by Gasteiger charge is -2.35. The maximum absolute atomic E-state index is 12.5. The van der Waals surface area contributed by atoms with Crippen molar-refractivity contribution in [3.05, 3.63) is 48.0 Å². The van der Waals surface area contributed by atoms with Crippen LogP contribution in [0.3, 0.4) is 0 Å². The van der Waals surface area contributed by atoms with Gasteiger partial charge in [0.05, 0.1) is 26.5 Å². The Morgan fingerprint density at radius 2 is 1.66 bits per heavy atom. The molecule has 2 aromatic rings. The Morgan fingerprint density at radius 1 is 0.966 bits per heavy atom. The predicted molar refractivity (Wildman–Crippen MR) is 113 cm³/mol. The van der Waals surface area contributed by atoms with Crippen LogP contribution in [0.2, 0.25) is 0 Å². The number of nitrogens with one attached hydrogen (secondary N) is 1. The van der Waals surface area contributed by atoms with E-state index in [0.29, 0.717) is 23.7 Å². The van der Waals surface area contributed by atoms with E-state index in [2.05, 4.69) is 15.1 Å². The molecule has 3 rings (SSSR count). The molecule has 1 aliphatic rings. The quantitative estimate of drug-likeness (QED) is 0.725. The number of Topliss-reactive ketones (excluding diaryl/α,β-unsaturated/α-hetero) is 1. The van der Waals surface area contributed by atoms with Crippen molar-refractivity contribution < 1.29 is 19.1 Å². The minimum atomic E-state index is -0.0762. The van der Waals surface area contributed by atoms with Crippen molar-refractivity contribution in [1.29, 1.82) is 0 Å². The molecule has 2 aromatic carbocycles. The normalized spacial score (nSPS) is 14.4.